The molecule has 3 N–H and O–H groups in total. The van der Waals surface area contributed by atoms with Gasteiger partial charge in [0.1, 0.15) is 5.01 Å². The Morgan fingerprint density at radius 1 is 1.64 bits per heavy atom. The standard InChI is InChI=1S/C10H19N3S/c1-8(11)4-3-5-12-7-10-13-6-9(2)14-10/h6,8,12H,3-5,7,11H2,1-2H3. The monoisotopic (exact) mass is 213 g/mol. The van der Waals surface area contributed by atoms with Gasteiger partial charge in [-0.05, 0) is 33.2 Å². The molecule has 0 saturated carbocycles. The molecule has 1 aromatic rings. The van der Waals surface area contributed by atoms with Crippen molar-refractivity contribution in [3.8, 4) is 0 Å². The Bertz CT molecular complexity index is 258. The van der Waals surface area contributed by atoms with E-state index in [1.54, 1.807) is 11.3 Å². The van der Waals surface area contributed by atoms with Gasteiger partial charge in [0, 0.05) is 23.7 Å². The minimum absolute atomic E-state index is 0.318. The quantitative estimate of drug-likeness (QED) is 0.707. The van der Waals surface area contributed by atoms with Crippen LogP contribution in [0.3, 0.4) is 0 Å². The van der Waals surface area contributed by atoms with Crippen molar-refractivity contribution in [3.05, 3.63) is 16.1 Å². The molecule has 4 heteroatoms. The molecule has 0 radical (unpaired) electrons. The van der Waals surface area contributed by atoms with Crippen molar-refractivity contribution in [2.24, 2.45) is 5.73 Å². The molecular formula is C10H19N3S. The van der Waals surface area contributed by atoms with Crippen LogP contribution in [0.2, 0.25) is 0 Å². The van der Waals surface area contributed by atoms with Crippen molar-refractivity contribution in [2.75, 3.05) is 6.54 Å². The van der Waals surface area contributed by atoms with Crippen LogP contribution in [0.25, 0.3) is 0 Å². The van der Waals surface area contributed by atoms with E-state index in [-0.39, 0.29) is 0 Å². The molecule has 0 saturated heterocycles. The van der Waals surface area contributed by atoms with Crippen LogP contribution in [-0.4, -0.2) is 17.6 Å². The summed E-state index contributed by atoms with van der Waals surface area (Å²) in [6.07, 6.45) is 4.15. The second-order valence-electron chi connectivity index (χ2n) is 3.66. The number of thiazole rings is 1. The first-order chi connectivity index (χ1) is 6.68. The maximum absolute atomic E-state index is 5.65. The number of hydrogen-bond acceptors (Lipinski definition) is 4. The SMILES string of the molecule is Cc1cnc(CNCCCC(C)N)s1. The largest absolute Gasteiger partial charge is 0.328 e. The minimum atomic E-state index is 0.318. The fourth-order valence-corrected chi connectivity index (χ4v) is 1.98. The van der Waals surface area contributed by atoms with Crippen LogP contribution in [-0.2, 0) is 6.54 Å². The summed E-state index contributed by atoms with van der Waals surface area (Å²) in [7, 11) is 0. The highest BCUT2D eigenvalue weighted by Crippen LogP contribution is 2.10. The Kier molecular flexibility index (Phi) is 5.07. The molecule has 0 spiro atoms. The van der Waals surface area contributed by atoms with Crippen molar-refractivity contribution in [3.63, 3.8) is 0 Å². The van der Waals surface area contributed by atoms with E-state index in [0.717, 1.165) is 25.9 Å². The number of nitrogens with two attached hydrogens (primary N) is 1. The summed E-state index contributed by atoms with van der Waals surface area (Å²) >= 11 is 1.75. The van der Waals surface area contributed by atoms with E-state index >= 15 is 0 Å². The van der Waals surface area contributed by atoms with Crippen LogP contribution in [0.15, 0.2) is 6.20 Å². The topological polar surface area (TPSA) is 50.9 Å². The zero-order valence-electron chi connectivity index (χ0n) is 8.92. The fraction of sp³-hybridized carbons (Fsp3) is 0.700. The summed E-state index contributed by atoms with van der Waals surface area (Å²) in [5, 5.41) is 4.53. The Labute approximate surface area is 89.7 Å². The van der Waals surface area contributed by atoms with Gasteiger partial charge in [-0.3, -0.25) is 0 Å². The van der Waals surface area contributed by atoms with Crippen molar-refractivity contribution >= 4 is 11.3 Å². The Morgan fingerprint density at radius 2 is 2.43 bits per heavy atom. The van der Waals surface area contributed by atoms with E-state index in [1.807, 2.05) is 13.1 Å². The molecule has 0 aromatic carbocycles. The van der Waals surface area contributed by atoms with Gasteiger partial charge in [0.2, 0.25) is 0 Å². The van der Waals surface area contributed by atoms with Crippen LogP contribution < -0.4 is 11.1 Å². The summed E-state index contributed by atoms with van der Waals surface area (Å²) in [6, 6.07) is 0.318. The second kappa shape index (κ2) is 6.11. The van der Waals surface area contributed by atoms with Crippen LogP contribution >= 0.6 is 11.3 Å². The second-order valence-corrected chi connectivity index (χ2v) is 4.98. The summed E-state index contributed by atoms with van der Waals surface area (Å²) in [5.41, 5.74) is 5.65. The third kappa shape index (κ3) is 4.69. The Hall–Kier alpha value is -0.450. The highest BCUT2D eigenvalue weighted by atomic mass is 32.1. The zero-order valence-corrected chi connectivity index (χ0v) is 9.73. The van der Waals surface area contributed by atoms with E-state index in [4.69, 9.17) is 5.73 Å². The van der Waals surface area contributed by atoms with Gasteiger partial charge < -0.3 is 11.1 Å². The molecule has 0 amide bonds. The van der Waals surface area contributed by atoms with Crippen LogP contribution in [0.4, 0.5) is 0 Å². The smallest absolute Gasteiger partial charge is 0.107 e. The first kappa shape index (κ1) is 11.6. The lowest BCUT2D eigenvalue weighted by atomic mass is 10.2. The number of nitrogens with zero attached hydrogens (tertiary/aromatic N) is 1. The number of aryl methyl sites for hydroxylation is 1. The van der Waals surface area contributed by atoms with Gasteiger partial charge in [-0.2, -0.15) is 0 Å². The average molecular weight is 213 g/mol. The predicted molar refractivity (Wildman–Crippen MR) is 61.4 cm³/mol. The first-order valence-electron chi connectivity index (χ1n) is 5.06. The van der Waals surface area contributed by atoms with Crippen LogP contribution in [0.1, 0.15) is 29.7 Å². The molecule has 0 aliphatic carbocycles. The number of hydrogen-bond donors (Lipinski definition) is 2. The number of aromatic nitrogens is 1. The molecule has 14 heavy (non-hydrogen) atoms. The van der Waals surface area contributed by atoms with E-state index in [2.05, 4.69) is 17.2 Å². The molecule has 0 fully saturated rings. The van der Waals surface area contributed by atoms with E-state index < -0.39 is 0 Å². The summed E-state index contributed by atoms with van der Waals surface area (Å²) < 4.78 is 0. The van der Waals surface area contributed by atoms with E-state index in [0.29, 0.717) is 6.04 Å². The van der Waals surface area contributed by atoms with Gasteiger partial charge in [0.15, 0.2) is 0 Å². The molecule has 1 unspecified atom stereocenters. The van der Waals surface area contributed by atoms with Crippen molar-refractivity contribution in [2.45, 2.75) is 39.3 Å². The maximum Gasteiger partial charge on any atom is 0.107 e. The van der Waals surface area contributed by atoms with Gasteiger partial charge in [-0.25, -0.2) is 4.98 Å². The fourth-order valence-electron chi connectivity index (χ4n) is 1.23. The van der Waals surface area contributed by atoms with Crippen molar-refractivity contribution in [1.29, 1.82) is 0 Å². The van der Waals surface area contributed by atoms with Gasteiger partial charge in [0.05, 0.1) is 0 Å². The molecule has 1 atom stereocenters. The van der Waals surface area contributed by atoms with Gasteiger partial charge >= 0.3 is 0 Å². The summed E-state index contributed by atoms with van der Waals surface area (Å²) in [4.78, 5) is 5.56. The predicted octanol–water partition coefficient (Wildman–Crippen LogP) is 1.67. The van der Waals surface area contributed by atoms with Crippen LogP contribution in [0, 0.1) is 6.92 Å². The van der Waals surface area contributed by atoms with Gasteiger partial charge in [-0.1, -0.05) is 0 Å². The number of rotatable bonds is 6. The third-order valence-electron chi connectivity index (χ3n) is 1.96. The third-order valence-corrected chi connectivity index (χ3v) is 2.87. The maximum atomic E-state index is 5.65. The van der Waals surface area contributed by atoms with Crippen molar-refractivity contribution in [1.82, 2.24) is 10.3 Å². The molecular weight excluding hydrogens is 194 g/mol. The minimum Gasteiger partial charge on any atom is -0.328 e. The summed E-state index contributed by atoms with van der Waals surface area (Å²) in [5.74, 6) is 0. The molecule has 80 valence electrons. The van der Waals surface area contributed by atoms with Crippen molar-refractivity contribution < 1.29 is 0 Å². The molecule has 1 heterocycles. The normalized spacial score (nSPS) is 13.1. The summed E-state index contributed by atoms with van der Waals surface area (Å²) in [6.45, 7) is 6.04. The lowest BCUT2D eigenvalue weighted by molar-refractivity contribution is 0.574. The zero-order chi connectivity index (χ0) is 10.4. The van der Waals surface area contributed by atoms with Gasteiger partial charge in [0.25, 0.3) is 0 Å². The highest BCUT2D eigenvalue weighted by Gasteiger charge is 1.98. The lowest BCUT2D eigenvalue weighted by Gasteiger charge is -2.04. The molecule has 0 bridgehead atoms. The molecule has 1 aromatic heterocycles. The Morgan fingerprint density at radius 3 is 3.00 bits per heavy atom. The highest BCUT2D eigenvalue weighted by molar-refractivity contribution is 7.11. The lowest BCUT2D eigenvalue weighted by Crippen LogP contribution is -2.19. The molecule has 0 aliphatic rings. The first-order valence-corrected chi connectivity index (χ1v) is 5.87. The van der Waals surface area contributed by atoms with E-state index in [1.165, 1.54) is 9.88 Å². The molecule has 0 aliphatic heterocycles. The van der Waals surface area contributed by atoms with Crippen LogP contribution in [0.5, 0.6) is 0 Å². The molecule has 1 rings (SSSR count). The average Bonchev–Trinajstić information content (AvgIpc) is 2.50. The van der Waals surface area contributed by atoms with E-state index in [9.17, 15) is 0 Å². The number of nitrogens with one attached hydrogen (secondary N) is 1. The van der Waals surface area contributed by atoms with Gasteiger partial charge in [-0.15, -0.1) is 11.3 Å². The molecule has 3 nitrogen and oxygen atoms in total. The Balaban J connectivity index is 2.04.